The Morgan fingerprint density at radius 1 is 1.24 bits per heavy atom. The van der Waals surface area contributed by atoms with Gasteiger partial charge in [0.15, 0.2) is 0 Å². The van der Waals surface area contributed by atoms with Crippen LogP contribution in [0.2, 0.25) is 0 Å². The van der Waals surface area contributed by atoms with Crippen LogP contribution in [0.3, 0.4) is 0 Å². The number of aryl methyl sites for hydroxylation is 1. The Balaban J connectivity index is 2.30. The van der Waals surface area contributed by atoms with Crippen molar-refractivity contribution in [1.29, 1.82) is 0 Å². The molecule has 1 aromatic carbocycles. The Kier molecular flexibility index (Phi) is 2.77. The number of rotatable bonds is 2. The number of hydrogen-bond donors (Lipinski definition) is 1. The quantitative estimate of drug-likeness (QED) is 0.847. The van der Waals surface area contributed by atoms with Gasteiger partial charge in [-0.1, -0.05) is 43.7 Å². The number of amidine groups is 1. The van der Waals surface area contributed by atoms with Crippen LogP contribution in [0.15, 0.2) is 29.3 Å². The zero-order valence-electron chi connectivity index (χ0n) is 10.7. The van der Waals surface area contributed by atoms with Gasteiger partial charge >= 0.3 is 0 Å². The Morgan fingerprint density at radius 3 is 2.29 bits per heavy atom. The SMILES string of the molecule is Cc1ccc(C2=NC(=O)C(C)(C(C)C)N2)cc1. The summed E-state index contributed by atoms with van der Waals surface area (Å²) in [4.78, 5) is 16.1. The van der Waals surface area contributed by atoms with Gasteiger partial charge in [0, 0.05) is 5.56 Å². The van der Waals surface area contributed by atoms with E-state index in [9.17, 15) is 4.79 Å². The highest BCUT2D eigenvalue weighted by molar-refractivity contribution is 6.13. The van der Waals surface area contributed by atoms with Gasteiger partial charge in [0.2, 0.25) is 0 Å². The molecule has 1 atom stereocenters. The Morgan fingerprint density at radius 2 is 1.82 bits per heavy atom. The highest BCUT2D eigenvalue weighted by Gasteiger charge is 2.42. The molecular formula is C14H18N2O. The van der Waals surface area contributed by atoms with Crippen LogP contribution in [-0.4, -0.2) is 17.3 Å². The number of hydrogen-bond acceptors (Lipinski definition) is 2. The first-order valence-corrected chi connectivity index (χ1v) is 5.92. The molecule has 2 rings (SSSR count). The molecule has 0 radical (unpaired) electrons. The van der Waals surface area contributed by atoms with E-state index in [-0.39, 0.29) is 11.8 Å². The van der Waals surface area contributed by atoms with Crippen LogP contribution in [0, 0.1) is 12.8 Å². The summed E-state index contributed by atoms with van der Waals surface area (Å²) in [6.45, 7) is 8.00. The molecule has 3 nitrogen and oxygen atoms in total. The second-order valence-corrected chi connectivity index (χ2v) is 5.11. The summed E-state index contributed by atoms with van der Waals surface area (Å²) in [7, 11) is 0. The summed E-state index contributed by atoms with van der Waals surface area (Å²) < 4.78 is 0. The van der Waals surface area contributed by atoms with Crippen LogP contribution in [0.25, 0.3) is 0 Å². The molecule has 0 aliphatic carbocycles. The maximum absolute atomic E-state index is 11.9. The summed E-state index contributed by atoms with van der Waals surface area (Å²) in [6, 6.07) is 8.02. The van der Waals surface area contributed by atoms with E-state index in [2.05, 4.69) is 10.3 Å². The number of aliphatic imine (C=N–C) groups is 1. The van der Waals surface area contributed by atoms with Crippen molar-refractivity contribution in [2.45, 2.75) is 33.2 Å². The van der Waals surface area contributed by atoms with Gasteiger partial charge in [-0.15, -0.1) is 0 Å². The van der Waals surface area contributed by atoms with Gasteiger partial charge in [-0.25, -0.2) is 0 Å². The van der Waals surface area contributed by atoms with Crippen molar-refractivity contribution < 1.29 is 4.79 Å². The predicted molar refractivity (Wildman–Crippen MR) is 69.1 cm³/mol. The number of carbonyl (C=O) groups excluding carboxylic acids is 1. The summed E-state index contributed by atoms with van der Waals surface area (Å²) in [6.07, 6.45) is 0. The summed E-state index contributed by atoms with van der Waals surface area (Å²) in [5, 5.41) is 3.25. The molecule has 0 saturated carbocycles. The molecular weight excluding hydrogens is 212 g/mol. The number of nitrogens with zero attached hydrogens (tertiary/aromatic N) is 1. The van der Waals surface area contributed by atoms with E-state index in [1.807, 2.05) is 52.0 Å². The summed E-state index contributed by atoms with van der Waals surface area (Å²) >= 11 is 0. The Hall–Kier alpha value is -1.64. The fraction of sp³-hybridized carbons (Fsp3) is 0.429. The molecule has 1 unspecified atom stereocenters. The fourth-order valence-corrected chi connectivity index (χ4v) is 1.78. The highest BCUT2D eigenvalue weighted by atomic mass is 16.2. The lowest BCUT2D eigenvalue weighted by molar-refractivity contribution is -0.123. The molecule has 3 heteroatoms. The summed E-state index contributed by atoms with van der Waals surface area (Å²) in [5.41, 5.74) is 1.60. The van der Waals surface area contributed by atoms with Crippen molar-refractivity contribution in [1.82, 2.24) is 5.32 Å². The van der Waals surface area contributed by atoms with E-state index < -0.39 is 5.54 Å². The molecule has 1 aliphatic rings. The lowest BCUT2D eigenvalue weighted by Crippen LogP contribution is -2.50. The lowest BCUT2D eigenvalue weighted by Gasteiger charge is -2.27. The van der Waals surface area contributed by atoms with Gasteiger partial charge in [-0.3, -0.25) is 4.79 Å². The van der Waals surface area contributed by atoms with Gasteiger partial charge in [-0.2, -0.15) is 4.99 Å². The molecule has 90 valence electrons. The first-order valence-electron chi connectivity index (χ1n) is 5.92. The van der Waals surface area contributed by atoms with Gasteiger partial charge in [0.1, 0.15) is 11.4 Å². The number of carbonyl (C=O) groups is 1. The van der Waals surface area contributed by atoms with Crippen LogP contribution in [0.1, 0.15) is 31.9 Å². The topological polar surface area (TPSA) is 41.5 Å². The molecule has 0 bridgehead atoms. The largest absolute Gasteiger partial charge is 0.355 e. The second-order valence-electron chi connectivity index (χ2n) is 5.11. The van der Waals surface area contributed by atoms with E-state index in [4.69, 9.17) is 0 Å². The minimum Gasteiger partial charge on any atom is -0.355 e. The van der Waals surface area contributed by atoms with E-state index >= 15 is 0 Å². The third-order valence-corrected chi connectivity index (χ3v) is 3.52. The van der Waals surface area contributed by atoms with E-state index in [0.717, 1.165) is 5.56 Å². The van der Waals surface area contributed by atoms with Crippen molar-refractivity contribution in [2.24, 2.45) is 10.9 Å². The lowest BCUT2D eigenvalue weighted by atomic mass is 9.88. The number of nitrogens with one attached hydrogen (secondary N) is 1. The molecule has 1 heterocycles. The van der Waals surface area contributed by atoms with Crippen LogP contribution in [0.5, 0.6) is 0 Å². The third-order valence-electron chi connectivity index (χ3n) is 3.52. The zero-order valence-corrected chi connectivity index (χ0v) is 10.7. The van der Waals surface area contributed by atoms with Crippen LogP contribution in [0.4, 0.5) is 0 Å². The van der Waals surface area contributed by atoms with Crippen molar-refractivity contribution in [3.05, 3.63) is 35.4 Å². The van der Waals surface area contributed by atoms with Crippen LogP contribution < -0.4 is 5.32 Å². The molecule has 0 fully saturated rings. The van der Waals surface area contributed by atoms with Crippen LogP contribution >= 0.6 is 0 Å². The van der Waals surface area contributed by atoms with Crippen molar-refractivity contribution >= 4 is 11.7 Å². The van der Waals surface area contributed by atoms with Crippen molar-refractivity contribution in [3.63, 3.8) is 0 Å². The Bertz CT molecular complexity index is 474. The van der Waals surface area contributed by atoms with Gasteiger partial charge in [0.25, 0.3) is 5.91 Å². The summed E-state index contributed by atoms with van der Waals surface area (Å²) in [5.74, 6) is 0.816. The minimum atomic E-state index is -0.569. The standard InChI is InChI=1S/C14H18N2O/c1-9(2)14(4)13(17)15-12(16-14)11-7-5-10(3)6-8-11/h5-9H,1-4H3,(H,15,16,17). The molecule has 1 aromatic rings. The monoisotopic (exact) mass is 230 g/mol. The van der Waals surface area contributed by atoms with Gasteiger partial charge in [0.05, 0.1) is 0 Å². The molecule has 0 aromatic heterocycles. The van der Waals surface area contributed by atoms with E-state index in [0.29, 0.717) is 5.84 Å². The van der Waals surface area contributed by atoms with Crippen molar-refractivity contribution in [3.8, 4) is 0 Å². The smallest absolute Gasteiger partial charge is 0.273 e. The predicted octanol–water partition coefficient (Wildman–Crippen LogP) is 2.29. The highest BCUT2D eigenvalue weighted by Crippen LogP contribution is 2.24. The molecule has 17 heavy (non-hydrogen) atoms. The molecule has 0 saturated heterocycles. The minimum absolute atomic E-state index is 0.0805. The first kappa shape index (κ1) is 11.8. The van der Waals surface area contributed by atoms with Gasteiger partial charge < -0.3 is 5.32 Å². The second kappa shape index (κ2) is 3.99. The molecule has 0 spiro atoms. The normalized spacial score (nSPS) is 23.8. The molecule has 1 N–H and O–H groups in total. The average Bonchev–Trinajstić information content (AvgIpc) is 2.58. The van der Waals surface area contributed by atoms with E-state index in [1.165, 1.54) is 5.56 Å². The zero-order chi connectivity index (χ0) is 12.6. The van der Waals surface area contributed by atoms with Gasteiger partial charge in [-0.05, 0) is 19.8 Å². The maximum atomic E-state index is 11.9. The Labute approximate surface area is 102 Å². The van der Waals surface area contributed by atoms with Crippen LogP contribution in [-0.2, 0) is 4.79 Å². The van der Waals surface area contributed by atoms with Crippen molar-refractivity contribution in [2.75, 3.05) is 0 Å². The molecule has 1 aliphatic heterocycles. The fourth-order valence-electron chi connectivity index (χ4n) is 1.78. The number of benzene rings is 1. The first-order chi connectivity index (χ1) is 7.93. The third kappa shape index (κ3) is 1.97. The van der Waals surface area contributed by atoms with E-state index in [1.54, 1.807) is 0 Å². The average molecular weight is 230 g/mol. The number of amides is 1. The maximum Gasteiger partial charge on any atom is 0.273 e. The molecule has 1 amide bonds.